The maximum Gasteiger partial charge on any atom is 0.573 e. The number of hydrogen-bond donors (Lipinski definition) is 0. The van der Waals surface area contributed by atoms with Gasteiger partial charge in [0.25, 0.3) is 0 Å². The second kappa shape index (κ2) is 6.23. The number of furan rings is 1. The van der Waals surface area contributed by atoms with Crippen LogP contribution in [0.1, 0.15) is 10.6 Å². The predicted octanol–water partition coefficient (Wildman–Crippen LogP) is 5.32. The summed E-state index contributed by atoms with van der Waals surface area (Å²) in [5, 5.41) is 0. The number of alkyl halides is 3. The molecule has 0 aliphatic rings. The van der Waals surface area contributed by atoms with Gasteiger partial charge in [0.15, 0.2) is 12.0 Å². The van der Waals surface area contributed by atoms with Crippen LogP contribution in [0.3, 0.4) is 0 Å². The van der Waals surface area contributed by atoms with Gasteiger partial charge in [-0.15, -0.1) is 13.2 Å². The van der Waals surface area contributed by atoms with Crippen LogP contribution in [-0.4, -0.2) is 12.6 Å². The number of para-hydroxylation sites is 1. The second-order valence-corrected chi connectivity index (χ2v) is 4.91. The van der Waals surface area contributed by atoms with Crippen molar-refractivity contribution >= 4 is 6.29 Å². The fourth-order valence-corrected chi connectivity index (χ4v) is 2.40. The maximum absolute atomic E-state index is 12.6. The number of halogens is 3. The third kappa shape index (κ3) is 3.32. The Morgan fingerprint density at radius 1 is 0.833 bits per heavy atom. The summed E-state index contributed by atoms with van der Waals surface area (Å²) < 4.78 is 47.4. The summed E-state index contributed by atoms with van der Waals surface area (Å²) in [5.74, 6) is 0.216. The maximum atomic E-state index is 12.6. The summed E-state index contributed by atoms with van der Waals surface area (Å²) in [4.78, 5) is 10.8. The molecule has 0 bridgehead atoms. The quantitative estimate of drug-likeness (QED) is 0.607. The Morgan fingerprint density at radius 2 is 1.46 bits per heavy atom. The monoisotopic (exact) mass is 332 g/mol. The van der Waals surface area contributed by atoms with E-state index in [0.717, 1.165) is 0 Å². The highest BCUT2D eigenvalue weighted by molar-refractivity contribution is 5.85. The van der Waals surface area contributed by atoms with Gasteiger partial charge in [-0.25, -0.2) is 0 Å². The molecule has 0 radical (unpaired) electrons. The highest BCUT2D eigenvalue weighted by atomic mass is 19.4. The first kappa shape index (κ1) is 15.9. The third-order valence-electron chi connectivity index (χ3n) is 3.34. The first-order valence-electron chi connectivity index (χ1n) is 6.97. The van der Waals surface area contributed by atoms with E-state index in [9.17, 15) is 18.0 Å². The minimum absolute atomic E-state index is 0.139. The third-order valence-corrected chi connectivity index (χ3v) is 3.34. The Bertz CT molecular complexity index is 866. The van der Waals surface area contributed by atoms with Crippen molar-refractivity contribution in [3.8, 4) is 28.2 Å². The minimum atomic E-state index is -4.79. The van der Waals surface area contributed by atoms with Crippen molar-refractivity contribution in [1.29, 1.82) is 0 Å². The molecule has 3 nitrogen and oxygen atoms in total. The molecule has 2 aromatic carbocycles. The van der Waals surface area contributed by atoms with E-state index in [2.05, 4.69) is 4.74 Å². The molecule has 1 aromatic heterocycles. The second-order valence-electron chi connectivity index (χ2n) is 4.91. The molecule has 24 heavy (non-hydrogen) atoms. The molecule has 1 heterocycles. The molecule has 0 fully saturated rings. The van der Waals surface area contributed by atoms with Crippen LogP contribution in [0.25, 0.3) is 22.5 Å². The van der Waals surface area contributed by atoms with Crippen LogP contribution < -0.4 is 4.74 Å². The average Bonchev–Trinajstić information content (AvgIpc) is 3.03. The fourth-order valence-electron chi connectivity index (χ4n) is 2.40. The van der Waals surface area contributed by atoms with E-state index < -0.39 is 6.36 Å². The standard InChI is InChI=1S/C18H11F3O3/c19-18(20,21)24-17-8-4-3-7-15(17)13-5-1-2-6-14(13)16-10-9-12(11-22)23-16/h1-11H. The van der Waals surface area contributed by atoms with Crippen molar-refractivity contribution in [3.05, 3.63) is 66.4 Å². The Balaban J connectivity index is 2.13. The molecular weight excluding hydrogens is 321 g/mol. The summed E-state index contributed by atoms with van der Waals surface area (Å²) >= 11 is 0. The Kier molecular flexibility index (Phi) is 4.12. The van der Waals surface area contributed by atoms with Gasteiger partial charge in [0.05, 0.1) is 0 Å². The number of carbonyl (C=O) groups excluding carboxylic acids is 1. The van der Waals surface area contributed by atoms with Gasteiger partial charge in [-0.2, -0.15) is 0 Å². The molecular formula is C18H11F3O3. The van der Waals surface area contributed by atoms with E-state index in [0.29, 0.717) is 23.2 Å². The van der Waals surface area contributed by atoms with Gasteiger partial charge in [0, 0.05) is 11.1 Å². The highest BCUT2D eigenvalue weighted by Crippen LogP contribution is 2.39. The van der Waals surface area contributed by atoms with Crippen LogP contribution in [0, 0.1) is 0 Å². The van der Waals surface area contributed by atoms with Gasteiger partial charge in [0.1, 0.15) is 11.5 Å². The van der Waals surface area contributed by atoms with Crippen molar-refractivity contribution in [2.24, 2.45) is 0 Å². The van der Waals surface area contributed by atoms with Crippen molar-refractivity contribution < 1.29 is 27.1 Å². The molecule has 6 heteroatoms. The lowest BCUT2D eigenvalue weighted by Crippen LogP contribution is -2.17. The van der Waals surface area contributed by atoms with Gasteiger partial charge >= 0.3 is 6.36 Å². The summed E-state index contributed by atoms with van der Waals surface area (Å²) in [6.07, 6.45) is -4.23. The summed E-state index contributed by atoms with van der Waals surface area (Å²) in [7, 11) is 0. The van der Waals surface area contributed by atoms with E-state index in [4.69, 9.17) is 4.42 Å². The van der Waals surface area contributed by atoms with Gasteiger partial charge in [0.2, 0.25) is 0 Å². The van der Waals surface area contributed by atoms with E-state index in [1.165, 1.54) is 24.3 Å². The molecule has 0 saturated heterocycles. The Hall–Kier alpha value is -3.02. The topological polar surface area (TPSA) is 39.4 Å². The number of ether oxygens (including phenoxy) is 1. The molecule has 0 atom stereocenters. The minimum Gasteiger partial charge on any atom is -0.453 e. The molecule has 0 unspecified atom stereocenters. The van der Waals surface area contributed by atoms with E-state index in [1.807, 2.05) is 0 Å². The molecule has 3 rings (SSSR count). The van der Waals surface area contributed by atoms with E-state index >= 15 is 0 Å². The number of hydrogen-bond acceptors (Lipinski definition) is 3. The van der Waals surface area contributed by atoms with Gasteiger partial charge in [-0.1, -0.05) is 42.5 Å². The molecule has 0 aliphatic carbocycles. The van der Waals surface area contributed by atoms with Crippen LogP contribution in [0.4, 0.5) is 13.2 Å². The molecule has 122 valence electrons. The summed E-state index contributed by atoms with van der Waals surface area (Å²) in [6, 6.07) is 15.8. The zero-order valence-electron chi connectivity index (χ0n) is 12.2. The van der Waals surface area contributed by atoms with Crippen molar-refractivity contribution in [2.45, 2.75) is 6.36 Å². The van der Waals surface area contributed by atoms with Crippen LogP contribution >= 0.6 is 0 Å². The first-order chi connectivity index (χ1) is 11.5. The Morgan fingerprint density at radius 3 is 2.08 bits per heavy atom. The van der Waals surface area contributed by atoms with Crippen molar-refractivity contribution in [2.75, 3.05) is 0 Å². The average molecular weight is 332 g/mol. The van der Waals surface area contributed by atoms with Gasteiger partial charge in [-0.3, -0.25) is 4.79 Å². The molecule has 0 amide bonds. The molecule has 0 saturated carbocycles. The van der Waals surface area contributed by atoms with Crippen LogP contribution in [0.2, 0.25) is 0 Å². The van der Waals surface area contributed by atoms with Crippen LogP contribution in [0.5, 0.6) is 5.75 Å². The largest absolute Gasteiger partial charge is 0.573 e. The Labute approximate surface area is 135 Å². The lowest BCUT2D eigenvalue weighted by atomic mass is 9.97. The molecule has 0 N–H and O–H groups in total. The lowest BCUT2D eigenvalue weighted by molar-refractivity contribution is -0.274. The summed E-state index contributed by atoms with van der Waals surface area (Å²) in [6.45, 7) is 0. The summed E-state index contributed by atoms with van der Waals surface area (Å²) in [5.41, 5.74) is 1.34. The molecule has 0 aliphatic heterocycles. The van der Waals surface area contributed by atoms with E-state index in [1.54, 1.807) is 36.4 Å². The lowest BCUT2D eigenvalue weighted by Gasteiger charge is -2.15. The number of carbonyl (C=O) groups is 1. The number of rotatable bonds is 4. The van der Waals surface area contributed by atoms with Crippen LogP contribution in [-0.2, 0) is 0 Å². The fraction of sp³-hybridized carbons (Fsp3) is 0.0556. The van der Waals surface area contributed by atoms with Crippen molar-refractivity contribution in [3.63, 3.8) is 0 Å². The van der Waals surface area contributed by atoms with Crippen molar-refractivity contribution in [1.82, 2.24) is 0 Å². The van der Waals surface area contributed by atoms with Gasteiger partial charge < -0.3 is 9.15 Å². The SMILES string of the molecule is O=Cc1ccc(-c2ccccc2-c2ccccc2OC(F)(F)F)o1. The smallest absolute Gasteiger partial charge is 0.453 e. The molecule has 3 aromatic rings. The zero-order chi connectivity index (χ0) is 17.2. The number of aldehydes is 1. The highest BCUT2D eigenvalue weighted by Gasteiger charge is 2.32. The normalized spacial score (nSPS) is 11.3. The predicted molar refractivity (Wildman–Crippen MR) is 81.7 cm³/mol. The van der Waals surface area contributed by atoms with E-state index in [-0.39, 0.29) is 17.1 Å². The first-order valence-corrected chi connectivity index (χ1v) is 6.97. The van der Waals surface area contributed by atoms with Crippen LogP contribution in [0.15, 0.2) is 65.1 Å². The molecule has 0 spiro atoms. The number of benzene rings is 2. The van der Waals surface area contributed by atoms with Gasteiger partial charge in [-0.05, 0) is 23.8 Å². The zero-order valence-corrected chi connectivity index (χ0v) is 12.2.